The SMILES string of the molecule is COCCc1noc(C2CN(C(=O)C3(c4ccc(OC)cc4)CC3)C2)n1. The molecule has 0 unspecified atom stereocenters. The van der Waals surface area contributed by atoms with Crippen LogP contribution in [0.4, 0.5) is 0 Å². The number of likely N-dealkylation sites (tertiary alicyclic amines) is 1. The zero-order chi connectivity index (χ0) is 18.1. The van der Waals surface area contributed by atoms with E-state index in [1.54, 1.807) is 14.2 Å². The first-order valence-corrected chi connectivity index (χ1v) is 8.91. The molecule has 1 saturated carbocycles. The summed E-state index contributed by atoms with van der Waals surface area (Å²) in [5.74, 6) is 2.42. The van der Waals surface area contributed by atoms with Crippen LogP contribution >= 0.6 is 0 Å². The molecule has 0 spiro atoms. The summed E-state index contributed by atoms with van der Waals surface area (Å²) in [6, 6.07) is 7.84. The number of amides is 1. The molecule has 7 heteroatoms. The Balaban J connectivity index is 1.37. The van der Waals surface area contributed by atoms with Crippen molar-refractivity contribution in [1.29, 1.82) is 0 Å². The number of nitrogens with zero attached hydrogens (tertiary/aromatic N) is 3. The van der Waals surface area contributed by atoms with Gasteiger partial charge in [0, 0.05) is 26.6 Å². The molecule has 138 valence electrons. The van der Waals surface area contributed by atoms with Gasteiger partial charge in [0.05, 0.1) is 25.0 Å². The number of benzene rings is 1. The molecule has 2 aromatic rings. The third-order valence-electron chi connectivity index (χ3n) is 5.33. The molecule has 1 amide bonds. The van der Waals surface area contributed by atoms with Gasteiger partial charge in [0.1, 0.15) is 5.75 Å². The highest BCUT2D eigenvalue weighted by molar-refractivity contribution is 5.92. The fraction of sp³-hybridized carbons (Fsp3) is 0.526. The largest absolute Gasteiger partial charge is 0.497 e. The standard InChI is InChI=1S/C19H23N3O4/c1-24-10-7-16-20-17(26-21-16)13-11-22(12-13)18(23)19(8-9-19)14-3-5-15(25-2)6-4-14/h3-6,13H,7-12H2,1-2H3. The molecule has 1 aromatic heterocycles. The molecule has 0 bridgehead atoms. The van der Waals surface area contributed by atoms with E-state index in [4.69, 9.17) is 14.0 Å². The minimum atomic E-state index is -0.351. The Labute approximate surface area is 152 Å². The molecule has 0 radical (unpaired) electrons. The molecular formula is C19H23N3O4. The molecule has 2 fully saturated rings. The van der Waals surface area contributed by atoms with Crippen molar-refractivity contribution in [2.75, 3.05) is 33.9 Å². The van der Waals surface area contributed by atoms with Crippen LogP contribution in [0.2, 0.25) is 0 Å². The van der Waals surface area contributed by atoms with Crippen molar-refractivity contribution in [3.63, 3.8) is 0 Å². The van der Waals surface area contributed by atoms with Crippen LogP contribution in [-0.2, 0) is 21.4 Å². The third kappa shape index (κ3) is 2.96. The molecule has 2 aliphatic rings. The monoisotopic (exact) mass is 357 g/mol. The Hall–Kier alpha value is -2.41. The normalized spacial score (nSPS) is 18.5. The second kappa shape index (κ2) is 6.72. The van der Waals surface area contributed by atoms with E-state index in [2.05, 4.69) is 10.1 Å². The smallest absolute Gasteiger partial charge is 0.233 e. The Morgan fingerprint density at radius 1 is 1.27 bits per heavy atom. The van der Waals surface area contributed by atoms with Crippen LogP contribution in [0.1, 0.15) is 36.0 Å². The van der Waals surface area contributed by atoms with Crippen molar-refractivity contribution >= 4 is 5.91 Å². The quantitative estimate of drug-likeness (QED) is 0.753. The summed E-state index contributed by atoms with van der Waals surface area (Å²) in [6.07, 6.45) is 2.44. The van der Waals surface area contributed by atoms with E-state index >= 15 is 0 Å². The number of carbonyl (C=O) groups is 1. The van der Waals surface area contributed by atoms with Crippen LogP contribution in [0.25, 0.3) is 0 Å². The van der Waals surface area contributed by atoms with Crippen LogP contribution in [0, 0.1) is 0 Å². The summed E-state index contributed by atoms with van der Waals surface area (Å²) in [4.78, 5) is 19.3. The van der Waals surface area contributed by atoms with Crippen LogP contribution in [-0.4, -0.2) is 54.9 Å². The highest BCUT2D eigenvalue weighted by atomic mass is 16.5. The molecule has 1 aliphatic carbocycles. The van der Waals surface area contributed by atoms with Gasteiger partial charge in [-0.25, -0.2) is 0 Å². The zero-order valence-corrected chi connectivity index (χ0v) is 15.1. The highest BCUT2D eigenvalue weighted by Gasteiger charge is 2.55. The fourth-order valence-corrected chi connectivity index (χ4v) is 3.49. The van der Waals surface area contributed by atoms with Crippen molar-refractivity contribution in [3.05, 3.63) is 41.5 Å². The lowest BCUT2D eigenvalue weighted by Crippen LogP contribution is -2.52. The van der Waals surface area contributed by atoms with Gasteiger partial charge >= 0.3 is 0 Å². The summed E-state index contributed by atoms with van der Waals surface area (Å²) in [6.45, 7) is 1.85. The molecule has 26 heavy (non-hydrogen) atoms. The molecule has 1 saturated heterocycles. The average Bonchev–Trinajstić information content (AvgIpc) is 3.32. The van der Waals surface area contributed by atoms with Crippen molar-refractivity contribution in [1.82, 2.24) is 15.0 Å². The van der Waals surface area contributed by atoms with Gasteiger partial charge in [-0.1, -0.05) is 17.3 Å². The summed E-state index contributed by atoms with van der Waals surface area (Å²) in [5, 5.41) is 3.97. The maximum atomic E-state index is 13.0. The lowest BCUT2D eigenvalue weighted by molar-refractivity contribution is -0.138. The predicted molar refractivity (Wildman–Crippen MR) is 93.1 cm³/mol. The predicted octanol–water partition coefficient (Wildman–Crippen LogP) is 1.92. The van der Waals surface area contributed by atoms with Crippen LogP contribution in [0.3, 0.4) is 0 Å². The number of hydrogen-bond donors (Lipinski definition) is 0. The number of hydrogen-bond acceptors (Lipinski definition) is 6. The molecule has 4 rings (SSSR count). The molecule has 1 aromatic carbocycles. The van der Waals surface area contributed by atoms with Gasteiger partial charge < -0.3 is 18.9 Å². The summed E-state index contributed by atoms with van der Waals surface area (Å²) in [7, 11) is 3.29. The summed E-state index contributed by atoms with van der Waals surface area (Å²) in [5.41, 5.74) is 0.724. The van der Waals surface area contributed by atoms with Crippen LogP contribution in [0.5, 0.6) is 5.75 Å². The highest BCUT2D eigenvalue weighted by Crippen LogP contribution is 2.51. The van der Waals surface area contributed by atoms with Gasteiger partial charge in [-0.15, -0.1) is 0 Å². The molecule has 2 heterocycles. The average molecular weight is 357 g/mol. The zero-order valence-electron chi connectivity index (χ0n) is 15.1. The van der Waals surface area contributed by atoms with Crippen LogP contribution in [0.15, 0.2) is 28.8 Å². The summed E-state index contributed by atoms with van der Waals surface area (Å²) < 4.78 is 15.6. The maximum Gasteiger partial charge on any atom is 0.233 e. The molecule has 7 nitrogen and oxygen atoms in total. The fourth-order valence-electron chi connectivity index (χ4n) is 3.49. The first-order valence-electron chi connectivity index (χ1n) is 8.91. The Kier molecular flexibility index (Phi) is 4.40. The van der Waals surface area contributed by atoms with Gasteiger partial charge in [0.15, 0.2) is 5.82 Å². The molecule has 1 aliphatic heterocycles. The molecule has 0 N–H and O–H groups in total. The van der Waals surface area contributed by atoms with E-state index in [0.29, 0.717) is 37.8 Å². The number of methoxy groups -OCH3 is 2. The third-order valence-corrected chi connectivity index (χ3v) is 5.33. The van der Waals surface area contributed by atoms with Crippen molar-refractivity contribution in [3.8, 4) is 5.75 Å². The van der Waals surface area contributed by atoms with Crippen molar-refractivity contribution in [2.24, 2.45) is 0 Å². The van der Waals surface area contributed by atoms with Gasteiger partial charge in [-0.05, 0) is 30.5 Å². The lowest BCUT2D eigenvalue weighted by atomic mass is 9.90. The molecular weight excluding hydrogens is 334 g/mol. The minimum Gasteiger partial charge on any atom is -0.497 e. The second-order valence-corrected chi connectivity index (χ2v) is 7.01. The van der Waals surface area contributed by atoms with E-state index in [1.807, 2.05) is 29.2 Å². The van der Waals surface area contributed by atoms with Gasteiger partial charge in [-0.3, -0.25) is 4.79 Å². The lowest BCUT2D eigenvalue weighted by Gasteiger charge is -2.39. The number of aromatic nitrogens is 2. The van der Waals surface area contributed by atoms with E-state index in [9.17, 15) is 4.79 Å². The molecule has 0 atom stereocenters. The first-order chi connectivity index (χ1) is 12.7. The minimum absolute atomic E-state index is 0.134. The van der Waals surface area contributed by atoms with Gasteiger partial charge in [0.25, 0.3) is 0 Å². The number of rotatable bonds is 7. The van der Waals surface area contributed by atoms with E-state index in [0.717, 1.165) is 24.2 Å². The van der Waals surface area contributed by atoms with E-state index in [-0.39, 0.29) is 17.2 Å². The topological polar surface area (TPSA) is 77.7 Å². The summed E-state index contributed by atoms with van der Waals surface area (Å²) >= 11 is 0. The first kappa shape index (κ1) is 17.0. The number of ether oxygens (including phenoxy) is 2. The maximum absolute atomic E-state index is 13.0. The number of carbonyl (C=O) groups excluding carboxylic acids is 1. The Bertz CT molecular complexity index is 776. The van der Waals surface area contributed by atoms with Gasteiger partial charge in [-0.2, -0.15) is 4.98 Å². The van der Waals surface area contributed by atoms with Crippen LogP contribution < -0.4 is 4.74 Å². The van der Waals surface area contributed by atoms with E-state index < -0.39 is 0 Å². The Morgan fingerprint density at radius 2 is 2.00 bits per heavy atom. The van der Waals surface area contributed by atoms with Gasteiger partial charge in [0.2, 0.25) is 11.8 Å². The van der Waals surface area contributed by atoms with Crippen molar-refractivity contribution < 1.29 is 18.8 Å². The Morgan fingerprint density at radius 3 is 2.62 bits per heavy atom. The second-order valence-electron chi connectivity index (χ2n) is 7.01. The van der Waals surface area contributed by atoms with Crippen molar-refractivity contribution in [2.45, 2.75) is 30.6 Å². The van der Waals surface area contributed by atoms with E-state index in [1.165, 1.54) is 0 Å².